The highest BCUT2D eigenvalue weighted by molar-refractivity contribution is 5.44. The van der Waals surface area contributed by atoms with Gasteiger partial charge in [0, 0.05) is 12.6 Å². The predicted molar refractivity (Wildman–Crippen MR) is 64.8 cm³/mol. The molecular formula is C13H19FN2. The molecule has 0 radical (unpaired) electrons. The first-order valence-electron chi connectivity index (χ1n) is 5.99. The van der Waals surface area contributed by atoms with E-state index in [1.807, 2.05) is 6.07 Å². The molecule has 1 aliphatic carbocycles. The number of nitrogens with one attached hydrogen (secondary N) is 1. The summed E-state index contributed by atoms with van der Waals surface area (Å²) in [5, 5.41) is 3.18. The molecule has 1 saturated carbocycles. The van der Waals surface area contributed by atoms with E-state index in [2.05, 4.69) is 5.32 Å². The van der Waals surface area contributed by atoms with Crippen molar-refractivity contribution >= 4 is 5.69 Å². The van der Waals surface area contributed by atoms with Crippen molar-refractivity contribution in [3.63, 3.8) is 0 Å². The van der Waals surface area contributed by atoms with E-state index in [9.17, 15) is 4.39 Å². The van der Waals surface area contributed by atoms with Gasteiger partial charge < -0.3 is 11.1 Å². The summed E-state index contributed by atoms with van der Waals surface area (Å²) in [5.74, 6) is 0.467. The third kappa shape index (κ3) is 2.95. The average Bonchev–Trinajstić information content (AvgIpc) is 2.30. The third-order valence-corrected chi connectivity index (χ3v) is 3.35. The van der Waals surface area contributed by atoms with Gasteiger partial charge in [0.2, 0.25) is 0 Å². The lowest BCUT2D eigenvalue weighted by Crippen LogP contribution is -2.29. The van der Waals surface area contributed by atoms with Crippen molar-refractivity contribution in [3.05, 3.63) is 30.1 Å². The first-order chi connectivity index (χ1) is 7.75. The monoisotopic (exact) mass is 222 g/mol. The van der Waals surface area contributed by atoms with Gasteiger partial charge in [0.15, 0.2) is 0 Å². The van der Waals surface area contributed by atoms with Gasteiger partial charge in [0.25, 0.3) is 0 Å². The van der Waals surface area contributed by atoms with Crippen LogP contribution in [-0.2, 0) is 0 Å². The molecule has 0 saturated heterocycles. The molecule has 0 amide bonds. The number of benzene rings is 1. The van der Waals surface area contributed by atoms with Crippen LogP contribution in [0.25, 0.3) is 0 Å². The van der Waals surface area contributed by atoms with Crippen molar-refractivity contribution in [1.82, 2.24) is 0 Å². The maximum absolute atomic E-state index is 13.3. The van der Waals surface area contributed by atoms with Crippen molar-refractivity contribution in [2.75, 3.05) is 11.9 Å². The number of rotatable bonds is 3. The normalized spacial score (nSPS) is 25.4. The maximum atomic E-state index is 13.3. The van der Waals surface area contributed by atoms with Gasteiger partial charge in [0.1, 0.15) is 5.82 Å². The molecule has 88 valence electrons. The Balaban J connectivity index is 1.81. The lowest BCUT2D eigenvalue weighted by atomic mass is 9.86. The molecule has 2 nitrogen and oxygen atoms in total. The van der Waals surface area contributed by atoms with Gasteiger partial charge in [-0.1, -0.05) is 12.1 Å². The molecule has 1 fully saturated rings. The minimum atomic E-state index is -0.171. The van der Waals surface area contributed by atoms with Crippen molar-refractivity contribution in [1.29, 1.82) is 0 Å². The van der Waals surface area contributed by atoms with E-state index in [-0.39, 0.29) is 5.82 Å². The Morgan fingerprint density at radius 3 is 2.56 bits per heavy atom. The van der Waals surface area contributed by atoms with E-state index in [4.69, 9.17) is 5.73 Å². The zero-order chi connectivity index (χ0) is 11.4. The van der Waals surface area contributed by atoms with E-state index in [0.717, 1.165) is 32.2 Å². The molecular weight excluding hydrogens is 203 g/mol. The molecule has 0 aromatic heterocycles. The molecule has 0 heterocycles. The molecule has 1 aromatic carbocycles. The van der Waals surface area contributed by atoms with Crippen molar-refractivity contribution < 1.29 is 4.39 Å². The van der Waals surface area contributed by atoms with Gasteiger partial charge >= 0.3 is 0 Å². The Morgan fingerprint density at radius 1 is 1.19 bits per heavy atom. The Bertz CT molecular complexity index is 332. The molecule has 0 spiro atoms. The topological polar surface area (TPSA) is 38.0 Å². The van der Waals surface area contributed by atoms with E-state index >= 15 is 0 Å². The van der Waals surface area contributed by atoms with Crippen LogP contribution < -0.4 is 11.1 Å². The van der Waals surface area contributed by atoms with Crippen LogP contribution in [0, 0.1) is 11.7 Å². The minimum Gasteiger partial charge on any atom is -0.382 e. The molecule has 0 atom stereocenters. The van der Waals surface area contributed by atoms with Crippen LogP contribution in [-0.4, -0.2) is 12.6 Å². The highest BCUT2D eigenvalue weighted by Gasteiger charge is 2.18. The summed E-state index contributed by atoms with van der Waals surface area (Å²) in [5.41, 5.74) is 6.46. The zero-order valence-electron chi connectivity index (χ0n) is 9.45. The molecule has 1 aliphatic rings. The molecule has 3 N–H and O–H groups in total. The highest BCUT2D eigenvalue weighted by atomic mass is 19.1. The van der Waals surface area contributed by atoms with Crippen LogP contribution in [0.2, 0.25) is 0 Å². The largest absolute Gasteiger partial charge is 0.382 e. The summed E-state index contributed by atoms with van der Waals surface area (Å²) >= 11 is 0. The van der Waals surface area contributed by atoms with Gasteiger partial charge in [-0.05, 0) is 43.7 Å². The lowest BCUT2D eigenvalue weighted by Gasteiger charge is -2.26. The molecule has 2 rings (SSSR count). The smallest absolute Gasteiger partial charge is 0.146 e. The number of hydrogen-bond acceptors (Lipinski definition) is 2. The summed E-state index contributed by atoms with van der Waals surface area (Å²) in [7, 11) is 0. The summed E-state index contributed by atoms with van der Waals surface area (Å²) in [4.78, 5) is 0. The van der Waals surface area contributed by atoms with Crippen LogP contribution in [0.1, 0.15) is 25.7 Å². The molecule has 0 bridgehead atoms. The Morgan fingerprint density at radius 2 is 1.88 bits per heavy atom. The molecule has 0 unspecified atom stereocenters. The fourth-order valence-corrected chi connectivity index (χ4v) is 2.25. The van der Waals surface area contributed by atoms with Gasteiger partial charge in [-0.25, -0.2) is 4.39 Å². The minimum absolute atomic E-state index is 0.171. The highest BCUT2D eigenvalue weighted by Crippen LogP contribution is 2.24. The quantitative estimate of drug-likeness (QED) is 0.825. The number of nitrogens with two attached hydrogens (primary N) is 1. The summed E-state index contributed by atoms with van der Waals surface area (Å²) in [6.45, 7) is 0.855. The van der Waals surface area contributed by atoms with Crippen LogP contribution >= 0.6 is 0 Å². The van der Waals surface area contributed by atoms with Crippen molar-refractivity contribution in [2.24, 2.45) is 11.7 Å². The summed E-state index contributed by atoms with van der Waals surface area (Å²) < 4.78 is 13.3. The first-order valence-corrected chi connectivity index (χ1v) is 5.99. The number of halogens is 1. The second kappa shape index (κ2) is 5.30. The van der Waals surface area contributed by atoms with Gasteiger partial charge in [0.05, 0.1) is 5.69 Å². The number of anilines is 1. The third-order valence-electron chi connectivity index (χ3n) is 3.35. The molecule has 16 heavy (non-hydrogen) atoms. The fourth-order valence-electron chi connectivity index (χ4n) is 2.25. The van der Waals surface area contributed by atoms with Crippen molar-refractivity contribution in [3.8, 4) is 0 Å². The molecule has 3 heteroatoms. The number of hydrogen-bond donors (Lipinski definition) is 2. The summed E-state index contributed by atoms with van der Waals surface area (Å²) in [6.07, 6.45) is 4.51. The first kappa shape index (κ1) is 11.4. The van der Waals surface area contributed by atoms with Crippen LogP contribution in [0.5, 0.6) is 0 Å². The van der Waals surface area contributed by atoms with Crippen LogP contribution in [0.3, 0.4) is 0 Å². The summed E-state index contributed by atoms with van der Waals surface area (Å²) in [6, 6.07) is 7.20. The zero-order valence-corrected chi connectivity index (χ0v) is 9.45. The molecule has 1 aromatic rings. The van der Waals surface area contributed by atoms with E-state index in [1.54, 1.807) is 12.1 Å². The second-order valence-electron chi connectivity index (χ2n) is 4.64. The van der Waals surface area contributed by atoms with Gasteiger partial charge in [-0.2, -0.15) is 0 Å². The van der Waals surface area contributed by atoms with Crippen molar-refractivity contribution in [2.45, 2.75) is 31.7 Å². The van der Waals surface area contributed by atoms with E-state index in [1.165, 1.54) is 6.07 Å². The maximum Gasteiger partial charge on any atom is 0.146 e. The van der Waals surface area contributed by atoms with E-state index < -0.39 is 0 Å². The lowest BCUT2D eigenvalue weighted by molar-refractivity contribution is 0.338. The van der Waals surface area contributed by atoms with Gasteiger partial charge in [-0.3, -0.25) is 0 Å². The van der Waals surface area contributed by atoms with Gasteiger partial charge in [-0.15, -0.1) is 0 Å². The Hall–Kier alpha value is -1.09. The SMILES string of the molecule is N[C@H]1CC[C@H](CNc2ccccc2F)CC1. The number of para-hydroxylation sites is 1. The average molecular weight is 222 g/mol. The fraction of sp³-hybridized carbons (Fsp3) is 0.538. The Kier molecular flexibility index (Phi) is 3.78. The van der Waals surface area contributed by atoms with Crippen LogP contribution in [0.4, 0.5) is 10.1 Å². The van der Waals surface area contributed by atoms with E-state index in [0.29, 0.717) is 17.6 Å². The predicted octanol–water partition coefficient (Wildman–Crippen LogP) is 2.76. The standard InChI is InChI=1S/C13H19FN2/c14-12-3-1-2-4-13(12)16-9-10-5-7-11(15)8-6-10/h1-4,10-11,16H,5-9,15H2/t10-,11-. The second-order valence-corrected chi connectivity index (χ2v) is 4.64. The van der Waals surface area contributed by atoms with Crippen LogP contribution in [0.15, 0.2) is 24.3 Å². The Labute approximate surface area is 96.0 Å². The molecule has 0 aliphatic heterocycles.